The Bertz CT molecular complexity index is 196. The van der Waals surface area contributed by atoms with Gasteiger partial charge in [0, 0.05) is 5.57 Å². The standard InChI is InChI=1S/C6H6F4O2/c1-3(2)4(11)12-5(7)6(8,9)10/h5H,1H2,2H3. The van der Waals surface area contributed by atoms with E-state index in [4.69, 9.17) is 0 Å². The molecule has 0 aliphatic carbocycles. The average molecular weight is 186 g/mol. The molecule has 2 nitrogen and oxygen atoms in total. The summed E-state index contributed by atoms with van der Waals surface area (Å²) in [5.74, 6) is -1.40. The SMILES string of the molecule is C=C(C)C(=O)OC(F)C(F)(F)F. The molecule has 0 aliphatic heterocycles. The van der Waals surface area contributed by atoms with Crippen molar-refractivity contribution in [1.82, 2.24) is 0 Å². The smallest absolute Gasteiger partial charge is 0.418 e. The molecular weight excluding hydrogens is 180 g/mol. The van der Waals surface area contributed by atoms with Crippen LogP contribution in [0.15, 0.2) is 12.2 Å². The van der Waals surface area contributed by atoms with Crippen molar-refractivity contribution < 1.29 is 27.1 Å². The van der Waals surface area contributed by atoms with E-state index in [0.717, 1.165) is 6.92 Å². The van der Waals surface area contributed by atoms with Crippen molar-refractivity contribution in [3.8, 4) is 0 Å². The summed E-state index contributed by atoms with van der Waals surface area (Å²) in [6.07, 6.45) is -8.76. The first kappa shape index (κ1) is 10.9. The Balaban J connectivity index is 4.11. The van der Waals surface area contributed by atoms with Crippen LogP contribution in [0.25, 0.3) is 0 Å². The van der Waals surface area contributed by atoms with Crippen molar-refractivity contribution in [3.05, 3.63) is 12.2 Å². The highest BCUT2D eigenvalue weighted by Gasteiger charge is 2.43. The van der Waals surface area contributed by atoms with Crippen LogP contribution in [0.3, 0.4) is 0 Å². The molecule has 0 bridgehead atoms. The Morgan fingerprint density at radius 3 is 2.17 bits per heavy atom. The number of ether oxygens (including phenoxy) is 1. The van der Waals surface area contributed by atoms with E-state index < -0.39 is 18.5 Å². The summed E-state index contributed by atoms with van der Waals surface area (Å²) in [6, 6.07) is 0. The first-order chi connectivity index (χ1) is 5.25. The molecule has 0 aromatic rings. The van der Waals surface area contributed by atoms with Gasteiger partial charge in [-0.2, -0.15) is 17.6 Å². The van der Waals surface area contributed by atoms with E-state index in [2.05, 4.69) is 11.3 Å². The van der Waals surface area contributed by atoms with E-state index >= 15 is 0 Å². The van der Waals surface area contributed by atoms with Gasteiger partial charge in [-0.25, -0.2) is 4.79 Å². The largest absolute Gasteiger partial charge is 0.457 e. The second-order valence-electron chi connectivity index (χ2n) is 2.04. The van der Waals surface area contributed by atoms with Gasteiger partial charge in [0.25, 0.3) is 0 Å². The third-order valence-corrected chi connectivity index (χ3v) is 0.816. The molecule has 0 saturated carbocycles. The van der Waals surface area contributed by atoms with Gasteiger partial charge in [-0.3, -0.25) is 0 Å². The minimum absolute atomic E-state index is 0.290. The van der Waals surface area contributed by atoms with Crippen molar-refractivity contribution in [2.75, 3.05) is 0 Å². The summed E-state index contributed by atoms with van der Waals surface area (Å²) >= 11 is 0. The number of alkyl halides is 4. The van der Waals surface area contributed by atoms with Gasteiger partial charge >= 0.3 is 18.5 Å². The van der Waals surface area contributed by atoms with E-state index in [1.54, 1.807) is 0 Å². The van der Waals surface area contributed by atoms with E-state index in [1.807, 2.05) is 0 Å². The minimum Gasteiger partial charge on any atom is -0.418 e. The summed E-state index contributed by atoms with van der Waals surface area (Å²) < 4.78 is 49.4. The topological polar surface area (TPSA) is 26.3 Å². The predicted octanol–water partition coefficient (Wildman–Crippen LogP) is 1.96. The summed E-state index contributed by atoms with van der Waals surface area (Å²) in [6.45, 7) is 4.10. The lowest BCUT2D eigenvalue weighted by atomic mass is 10.4. The van der Waals surface area contributed by atoms with Crippen LogP contribution in [0, 0.1) is 0 Å². The first-order valence-corrected chi connectivity index (χ1v) is 2.82. The Morgan fingerprint density at radius 2 is 1.92 bits per heavy atom. The highest BCUT2D eigenvalue weighted by Crippen LogP contribution is 2.24. The fraction of sp³-hybridized carbons (Fsp3) is 0.500. The predicted molar refractivity (Wildman–Crippen MR) is 31.9 cm³/mol. The zero-order chi connectivity index (χ0) is 9.94. The van der Waals surface area contributed by atoms with Crippen LogP contribution < -0.4 is 0 Å². The molecule has 0 aromatic heterocycles. The molecule has 1 unspecified atom stereocenters. The number of halogens is 4. The van der Waals surface area contributed by atoms with Crippen molar-refractivity contribution in [1.29, 1.82) is 0 Å². The molecule has 0 aromatic carbocycles. The number of carbonyl (C=O) groups is 1. The molecule has 0 N–H and O–H groups in total. The Morgan fingerprint density at radius 1 is 1.50 bits per heavy atom. The Labute approximate surface area is 65.8 Å². The molecule has 0 spiro atoms. The third kappa shape index (κ3) is 3.36. The fourth-order valence-electron chi connectivity index (χ4n) is 0.261. The number of carbonyl (C=O) groups excluding carboxylic acids is 1. The van der Waals surface area contributed by atoms with Crippen molar-refractivity contribution in [2.45, 2.75) is 19.5 Å². The van der Waals surface area contributed by atoms with Gasteiger partial charge in [-0.1, -0.05) is 6.58 Å². The van der Waals surface area contributed by atoms with E-state index in [0.29, 0.717) is 0 Å². The summed E-state index contributed by atoms with van der Waals surface area (Å²) in [5.41, 5.74) is -0.290. The minimum atomic E-state index is -5.18. The molecule has 1 atom stereocenters. The molecular formula is C6H6F4O2. The van der Waals surface area contributed by atoms with Crippen LogP contribution in [0.1, 0.15) is 6.92 Å². The number of hydrogen-bond donors (Lipinski definition) is 0. The van der Waals surface area contributed by atoms with Gasteiger partial charge in [-0.05, 0) is 6.92 Å². The maximum atomic E-state index is 11.9. The van der Waals surface area contributed by atoms with Gasteiger partial charge < -0.3 is 4.74 Å². The van der Waals surface area contributed by atoms with Gasteiger partial charge in [0.15, 0.2) is 0 Å². The molecule has 12 heavy (non-hydrogen) atoms. The quantitative estimate of drug-likeness (QED) is 0.374. The van der Waals surface area contributed by atoms with Gasteiger partial charge in [0.05, 0.1) is 0 Å². The maximum Gasteiger partial charge on any atom is 0.457 e. The number of rotatable bonds is 2. The lowest BCUT2D eigenvalue weighted by Gasteiger charge is -2.12. The maximum absolute atomic E-state index is 11.9. The van der Waals surface area contributed by atoms with Crippen LogP contribution in [0.5, 0.6) is 0 Å². The molecule has 0 amide bonds. The molecule has 6 heteroatoms. The monoisotopic (exact) mass is 186 g/mol. The van der Waals surface area contributed by atoms with Gasteiger partial charge in [0.1, 0.15) is 0 Å². The van der Waals surface area contributed by atoms with Crippen molar-refractivity contribution in [2.24, 2.45) is 0 Å². The Hall–Kier alpha value is -1.07. The van der Waals surface area contributed by atoms with Crippen LogP contribution >= 0.6 is 0 Å². The average Bonchev–Trinajstić information content (AvgIpc) is 1.85. The summed E-state index contributed by atoms with van der Waals surface area (Å²) in [5, 5.41) is 0. The van der Waals surface area contributed by atoms with Crippen molar-refractivity contribution in [3.63, 3.8) is 0 Å². The fourth-order valence-corrected chi connectivity index (χ4v) is 0.261. The highest BCUT2D eigenvalue weighted by molar-refractivity contribution is 5.87. The van der Waals surface area contributed by atoms with Crippen LogP contribution in [-0.4, -0.2) is 18.5 Å². The number of esters is 1. The third-order valence-electron chi connectivity index (χ3n) is 0.816. The van der Waals surface area contributed by atoms with Gasteiger partial charge in [-0.15, -0.1) is 0 Å². The highest BCUT2D eigenvalue weighted by atomic mass is 19.4. The van der Waals surface area contributed by atoms with Crippen LogP contribution in [0.2, 0.25) is 0 Å². The molecule has 70 valence electrons. The lowest BCUT2D eigenvalue weighted by molar-refractivity contribution is -0.256. The van der Waals surface area contributed by atoms with E-state index in [-0.39, 0.29) is 5.57 Å². The molecule has 0 rings (SSSR count). The van der Waals surface area contributed by atoms with Gasteiger partial charge in [0.2, 0.25) is 0 Å². The summed E-state index contributed by atoms with van der Waals surface area (Å²) in [4.78, 5) is 10.3. The van der Waals surface area contributed by atoms with E-state index in [1.165, 1.54) is 0 Å². The molecule has 0 aliphatic rings. The second kappa shape index (κ2) is 3.55. The Kier molecular flexibility index (Phi) is 3.24. The second-order valence-corrected chi connectivity index (χ2v) is 2.04. The van der Waals surface area contributed by atoms with Crippen molar-refractivity contribution >= 4 is 5.97 Å². The lowest BCUT2D eigenvalue weighted by Crippen LogP contribution is -2.29. The van der Waals surface area contributed by atoms with E-state index in [9.17, 15) is 22.4 Å². The zero-order valence-corrected chi connectivity index (χ0v) is 6.11. The summed E-state index contributed by atoms with van der Waals surface area (Å²) in [7, 11) is 0. The normalized spacial score (nSPS) is 13.8. The molecule has 0 radical (unpaired) electrons. The molecule has 0 heterocycles. The first-order valence-electron chi connectivity index (χ1n) is 2.82. The van der Waals surface area contributed by atoms with Crippen LogP contribution in [0.4, 0.5) is 17.6 Å². The zero-order valence-electron chi connectivity index (χ0n) is 6.11. The number of hydrogen-bond acceptors (Lipinski definition) is 2. The molecule has 0 fully saturated rings. The molecule has 0 saturated heterocycles. The van der Waals surface area contributed by atoms with Crippen LogP contribution in [-0.2, 0) is 9.53 Å².